The molecule has 0 saturated carbocycles. The first kappa shape index (κ1) is 22.6. The lowest BCUT2D eigenvalue weighted by Gasteiger charge is -2.18. The van der Waals surface area contributed by atoms with Gasteiger partial charge >= 0.3 is 0 Å². The highest BCUT2D eigenvalue weighted by Gasteiger charge is 2.13. The summed E-state index contributed by atoms with van der Waals surface area (Å²) in [6.45, 7) is 2.04. The molecule has 0 aliphatic rings. The molecule has 0 aromatic heterocycles. The Hall–Kier alpha value is -4.13. The van der Waals surface area contributed by atoms with E-state index in [9.17, 15) is 19.5 Å². The van der Waals surface area contributed by atoms with E-state index >= 15 is 0 Å². The van der Waals surface area contributed by atoms with Crippen LogP contribution in [-0.2, 0) is 11.3 Å². The second-order valence-corrected chi connectivity index (χ2v) is 7.27. The van der Waals surface area contributed by atoms with E-state index in [4.69, 9.17) is 4.74 Å². The van der Waals surface area contributed by atoms with Gasteiger partial charge in [0.05, 0.1) is 5.97 Å². The maximum atomic E-state index is 12.6. The average molecular weight is 431 g/mol. The standard InChI is InChI=1S/C25H24N2O5/c1-17-3-7-19(8-4-17)24(29)27(2)21-11-13-22(14-12-21)32-16-23(28)26-15-18-5-9-20(10-6-18)25(30)31/h3-14H,15-16H2,1-2H3,(H,26,28)(H,30,31)/p-1. The predicted octanol–water partition coefficient (Wildman–Crippen LogP) is 2.33. The minimum Gasteiger partial charge on any atom is -0.545 e. The first-order valence-corrected chi connectivity index (χ1v) is 9.98. The summed E-state index contributed by atoms with van der Waals surface area (Å²) in [5, 5.41) is 13.5. The number of ether oxygens (including phenoxy) is 1. The fourth-order valence-corrected chi connectivity index (χ4v) is 2.93. The maximum Gasteiger partial charge on any atom is 0.258 e. The monoisotopic (exact) mass is 431 g/mol. The molecule has 0 bridgehead atoms. The average Bonchev–Trinajstić information content (AvgIpc) is 2.81. The van der Waals surface area contributed by atoms with Gasteiger partial charge in [-0.25, -0.2) is 0 Å². The number of carboxylic acid groups (broad SMARTS) is 1. The summed E-state index contributed by atoms with van der Waals surface area (Å²) < 4.78 is 5.50. The van der Waals surface area contributed by atoms with Crippen LogP contribution in [-0.4, -0.2) is 31.4 Å². The number of hydrogen-bond donors (Lipinski definition) is 1. The minimum absolute atomic E-state index is 0.0815. The van der Waals surface area contributed by atoms with Crippen LogP contribution in [0.1, 0.15) is 31.8 Å². The molecule has 1 N–H and O–H groups in total. The van der Waals surface area contributed by atoms with Crippen molar-refractivity contribution in [1.82, 2.24) is 5.32 Å². The summed E-state index contributed by atoms with van der Waals surface area (Å²) in [7, 11) is 1.70. The molecule has 164 valence electrons. The maximum absolute atomic E-state index is 12.6. The van der Waals surface area contributed by atoms with E-state index < -0.39 is 5.97 Å². The Morgan fingerprint density at radius 2 is 1.47 bits per heavy atom. The van der Waals surface area contributed by atoms with Crippen molar-refractivity contribution >= 4 is 23.5 Å². The van der Waals surface area contributed by atoms with Gasteiger partial charge in [0.2, 0.25) is 0 Å². The molecule has 0 aliphatic carbocycles. The molecule has 0 unspecified atom stereocenters. The largest absolute Gasteiger partial charge is 0.545 e. The van der Waals surface area contributed by atoms with E-state index in [1.54, 1.807) is 60.5 Å². The zero-order chi connectivity index (χ0) is 23.1. The Kier molecular flexibility index (Phi) is 7.23. The Labute approximate surface area is 186 Å². The highest BCUT2D eigenvalue weighted by molar-refractivity contribution is 6.05. The van der Waals surface area contributed by atoms with Crippen LogP contribution in [0.4, 0.5) is 5.69 Å². The Balaban J connectivity index is 1.48. The highest BCUT2D eigenvalue weighted by Crippen LogP contribution is 2.20. The molecular weight excluding hydrogens is 408 g/mol. The van der Waals surface area contributed by atoms with Gasteiger partial charge in [0.25, 0.3) is 11.8 Å². The SMILES string of the molecule is Cc1ccc(C(=O)N(C)c2ccc(OCC(=O)NCc3ccc(C(=O)[O-])cc3)cc2)cc1. The highest BCUT2D eigenvalue weighted by atomic mass is 16.5. The molecule has 32 heavy (non-hydrogen) atoms. The second kappa shape index (κ2) is 10.3. The first-order valence-electron chi connectivity index (χ1n) is 9.98. The Morgan fingerprint density at radius 1 is 0.875 bits per heavy atom. The van der Waals surface area contributed by atoms with Gasteiger partial charge in [0, 0.05) is 24.8 Å². The van der Waals surface area contributed by atoms with Crippen LogP contribution in [0.3, 0.4) is 0 Å². The molecular formula is C25H23N2O5-. The summed E-state index contributed by atoms with van der Waals surface area (Å²) in [4.78, 5) is 36.9. The van der Waals surface area contributed by atoms with Crippen molar-refractivity contribution in [3.8, 4) is 5.75 Å². The third kappa shape index (κ3) is 5.95. The van der Waals surface area contributed by atoms with Gasteiger partial charge in [-0.1, -0.05) is 42.0 Å². The lowest BCUT2D eigenvalue weighted by molar-refractivity contribution is -0.255. The van der Waals surface area contributed by atoms with Crippen LogP contribution in [0.15, 0.2) is 72.8 Å². The number of amides is 2. The molecule has 7 heteroatoms. The minimum atomic E-state index is -1.24. The second-order valence-electron chi connectivity index (χ2n) is 7.27. The molecule has 7 nitrogen and oxygen atoms in total. The number of benzene rings is 3. The van der Waals surface area contributed by atoms with Crippen molar-refractivity contribution in [3.05, 3.63) is 95.1 Å². The lowest BCUT2D eigenvalue weighted by atomic mass is 10.1. The van der Waals surface area contributed by atoms with Gasteiger partial charge in [0.1, 0.15) is 5.75 Å². The van der Waals surface area contributed by atoms with Crippen molar-refractivity contribution in [3.63, 3.8) is 0 Å². The van der Waals surface area contributed by atoms with Gasteiger partial charge in [0.15, 0.2) is 6.61 Å². The number of nitrogens with one attached hydrogen (secondary N) is 1. The van der Waals surface area contributed by atoms with Crippen molar-refractivity contribution < 1.29 is 24.2 Å². The molecule has 0 aliphatic heterocycles. The van der Waals surface area contributed by atoms with E-state index in [1.165, 1.54) is 12.1 Å². The van der Waals surface area contributed by atoms with Crippen molar-refractivity contribution in [2.75, 3.05) is 18.6 Å². The van der Waals surface area contributed by atoms with Crippen LogP contribution in [0.5, 0.6) is 5.75 Å². The topological polar surface area (TPSA) is 98.8 Å². The summed E-state index contributed by atoms with van der Waals surface area (Å²) in [6.07, 6.45) is 0. The number of carbonyl (C=O) groups excluding carboxylic acids is 3. The normalized spacial score (nSPS) is 10.3. The van der Waals surface area contributed by atoms with E-state index in [1.807, 2.05) is 19.1 Å². The lowest BCUT2D eigenvalue weighted by Crippen LogP contribution is -2.28. The van der Waals surface area contributed by atoms with Gasteiger partial charge in [-0.05, 0) is 54.4 Å². The fourth-order valence-electron chi connectivity index (χ4n) is 2.93. The van der Waals surface area contributed by atoms with Gasteiger partial charge in [-0.2, -0.15) is 0 Å². The predicted molar refractivity (Wildman–Crippen MR) is 118 cm³/mol. The quantitative estimate of drug-likeness (QED) is 0.590. The van der Waals surface area contributed by atoms with Gasteiger partial charge in [-0.15, -0.1) is 0 Å². The fraction of sp³-hybridized carbons (Fsp3) is 0.160. The third-order valence-electron chi connectivity index (χ3n) is 4.88. The Bertz CT molecular complexity index is 1090. The number of aryl methyl sites for hydroxylation is 1. The first-order chi connectivity index (χ1) is 15.3. The summed E-state index contributed by atoms with van der Waals surface area (Å²) in [5.41, 5.74) is 3.23. The zero-order valence-corrected chi connectivity index (χ0v) is 17.8. The van der Waals surface area contributed by atoms with E-state index in [-0.39, 0.29) is 30.5 Å². The van der Waals surface area contributed by atoms with Crippen molar-refractivity contribution in [1.29, 1.82) is 0 Å². The number of hydrogen-bond acceptors (Lipinski definition) is 5. The summed E-state index contributed by atoms with van der Waals surface area (Å²) in [5.74, 6) is -1.18. The number of carbonyl (C=O) groups is 3. The molecule has 3 aromatic rings. The van der Waals surface area contributed by atoms with Crippen molar-refractivity contribution in [2.24, 2.45) is 0 Å². The molecule has 0 saturated heterocycles. The van der Waals surface area contributed by atoms with Crippen LogP contribution >= 0.6 is 0 Å². The summed E-state index contributed by atoms with van der Waals surface area (Å²) >= 11 is 0. The van der Waals surface area contributed by atoms with Crippen LogP contribution < -0.4 is 20.1 Å². The molecule has 0 radical (unpaired) electrons. The van der Waals surface area contributed by atoms with Crippen LogP contribution in [0.25, 0.3) is 0 Å². The third-order valence-corrected chi connectivity index (χ3v) is 4.88. The van der Waals surface area contributed by atoms with Crippen LogP contribution in [0, 0.1) is 6.92 Å². The molecule has 2 amide bonds. The molecule has 3 rings (SSSR count). The van der Waals surface area contributed by atoms with E-state index in [0.29, 0.717) is 17.0 Å². The molecule has 3 aromatic carbocycles. The number of anilines is 1. The Morgan fingerprint density at radius 3 is 2.06 bits per heavy atom. The zero-order valence-electron chi connectivity index (χ0n) is 17.8. The summed E-state index contributed by atoms with van der Waals surface area (Å²) in [6, 6.07) is 20.3. The number of carboxylic acids is 1. The van der Waals surface area contributed by atoms with Crippen molar-refractivity contribution in [2.45, 2.75) is 13.5 Å². The molecule has 0 atom stereocenters. The number of nitrogens with zero attached hydrogens (tertiary/aromatic N) is 1. The van der Waals surface area contributed by atoms with Gasteiger partial charge < -0.3 is 24.9 Å². The van der Waals surface area contributed by atoms with Gasteiger partial charge in [-0.3, -0.25) is 9.59 Å². The molecule has 0 spiro atoms. The van der Waals surface area contributed by atoms with E-state index in [2.05, 4.69) is 5.32 Å². The number of aromatic carboxylic acids is 1. The molecule has 0 heterocycles. The van der Waals surface area contributed by atoms with E-state index in [0.717, 1.165) is 11.1 Å². The molecule has 0 fully saturated rings. The van der Waals surface area contributed by atoms with Crippen LogP contribution in [0.2, 0.25) is 0 Å². The smallest absolute Gasteiger partial charge is 0.258 e. The number of rotatable bonds is 8.